The van der Waals surface area contributed by atoms with Crippen molar-refractivity contribution in [2.24, 2.45) is 5.73 Å². The summed E-state index contributed by atoms with van der Waals surface area (Å²) in [6, 6.07) is 26.7. The number of thioether (sulfide) groups is 1. The van der Waals surface area contributed by atoms with Gasteiger partial charge in [0.05, 0.1) is 11.6 Å². The molecular formula is C23H21N3OS. The molecular weight excluding hydrogens is 366 g/mol. The fourth-order valence-electron chi connectivity index (χ4n) is 2.75. The zero-order chi connectivity index (χ0) is 19.8. The lowest BCUT2D eigenvalue weighted by molar-refractivity contribution is -0.117. The van der Waals surface area contributed by atoms with Crippen LogP contribution < -0.4 is 11.1 Å². The molecule has 1 atom stereocenters. The summed E-state index contributed by atoms with van der Waals surface area (Å²) < 4.78 is 0. The van der Waals surface area contributed by atoms with Crippen molar-refractivity contribution in [2.75, 3.05) is 5.32 Å². The van der Waals surface area contributed by atoms with E-state index in [2.05, 4.69) is 23.5 Å². The van der Waals surface area contributed by atoms with Crippen molar-refractivity contribution in [3.8, 4) is 6.07 Å². The summed E-state index contributed by atoms with van der Waals surface area (Å²) in [4.78, 5) is 13.3. The van der Waals surface area contributed by atoms with Gasteiger partial charge in [0, 0.05) is 16.3 Å². The van der Waals surface area contributed by atoms with E-state index in [1.165, 1.54) is 5.56 Å². The van der Waals surface area contributed by atoms with Crippen LogP contribution in [0.4, 0.5) is 5.69 Å². The average Bonchev–Trinajstić information content (AvgIpc) is 2.74. The third kappa shape index (κ3) is 5.46. The summed E-state index contributed by atoms with van der Waals surface area (Å²) in [5, 5.41) is 12.3. The van der Waals surface area contributed by atoms with E-state index in [1.807, 2.05) is 54.6 Å². The smallest absolute Gasteiger partial charge is 0.241 e. The minimum atomic E-state index is -0.653. The van der Waals surface area contributed by atoms with Crippen LogP contribution in [0.15, 0.2) is 83.8 Å². The second kappa shape index (κ2) is 9.75. The van der Waals surface area contributed by atoms with Gasteiger partial charge >= 0.3 is 0 Å². The fourth-order valence-corrected chi connectivity index (χ4v) is 3.69. The third-order valence-electron chi connectivity index (χ3n) is 4.24. The minimum absolute atomic E-state index is 0.266. The largest absolute Gasteiger partial charge is 0.325 e. The van der Waals surface area contributed by atoms with E-state index in [0.717, 1.165) is 16.2 Å². The van der Waals surface area contributed by atoms with Crippen molar-refractivity contribution >= 4 is 23.4 Å². The number of nitrogens with one attached hydrogen (secondary N) is 1. The quantitative estimate of drug-likeness (QED) is 0.591. The first kappa shape index (κ1) is 19.7. The van der Waals surface area contributed by atoms with E-state index in [0.29, 0.717) is 17.7 Å². The van der Waals surface area contributed by atoms with Crippen LogP contribution in [-0.4, -0.2) is 11.9 Å². The number of nitrogens with zero attached hydrogens (tertiary/aromatic N) is 1. The number of hydrogen-bond acceptors (Lipinski definition) is 4. The molecule has 140 valence electrons. The summed E-state index contributed by atoms with van der Waals surface area (Å²) in [6.45, 7) is 0. The summed E-state index contributed by atoms with van der Waals surface area (Å²) >= 11 is 1.60. The van der Waals surface area contributed by atoms with Gasteiger partial charge in [0.1, 0.15) is 6.07 Å². The van der Waals surface area contributed by atoms with Crippen molar-refractivity contribution in [3.05, 3.63) is 95.6 Å². The van der Waals surface area contributed by atoms with Gasteiger partial charge in [-0.2, -0.15) is 5.26 Å². The SMILES string of the molecule is N#Cc1cc(NC(=O)C(N)Cc2ccccc2)ccc1SCc1ccccc1. The van der Waals surface area contributed by atoms with Gasteiger partial charge < -0.3 is 11.1 Å². The van der Waals surface area contributed by atoms with E-state index in [-0.39, 0.29) is 5.91 Å². The molecule has 3 rings (SSSR count). The molecule has 0 heterocycles. The lowest BCUT2D eigenvalue weighted by atomic mass is 10.1. The Bertz CT molecular complexity index is 968. The summed E-state index contributed by atoms with van der Waals surface area (Å²) in [7, 11) is 0. The Kier molecular flexibility index (Phi) is 6.85. The van der Waals surface area contributed by atoms with E-state index in [9.17, 15) is 10.1 Å². The normalized spacial score (nSPS) is 11.4. The molecule has 5 heteroatoms. The number of anilines is 1. The Hall–Kier alpha value is -3.07. The number of amides is 1. The molecule has 0 aliphatic carbocycles. The molecule has 3 aromatic rings. The highest BCUT2D eigenvalue weighted by molar-refractivity contribution is 7.98. The van der Waals surface area contributed by atoms with Crippen molar-refractivity contribution in [1.29, 1.82) is 5.26 Å². The van der Waals surface area contributed by atoms with Crippen LogP contribution in [0, 0.1) is 11.3 Å². The molecule has 0 bridgehead atoms. The van der Waals surface area contributed by atoms with Crippen LogP contribution in [0.1, 0.15) is 16.7 Å². The number of carbonyl (C=O) groups excluding carboxylic acids is 1. The molecule has 0 spiro atoms. The molecule has 0 aliphatic rings. The molecule has 0 aromatic heterocycles. The summed E-state index contributed by atoms with van der Waals surface area (Å²) in [6.07, 6.45) is 0.461. The second-order valence-corrected chi connectivity index (χ2v) is 7.40. The molecule has 4 nitrogen and oxygen atoms in total. The van der Waals surface area contributed by atoms with Crippen LogP contribution in [0.25, 0.3) is 0 Å². The van der Waals surface area contributed by atoms with Crippen LogP contribution in [0.3, 0.4) is 0 Å². The average molecular weight is 388 g/mol. The van der Waals surface area contributed by atoms with Crippen molar-refractivity contribution in [1.82, 2.24) is 0 Å². The van der Waals surface area contributed by atoms with Crippen LogP contribution in [-0.2, 0) is 17.0 Å². The molecule has 3 aromatic carbocycles. The monoisotopic (exact) mass is 387 g/mol. The van der Waals surface area contributed by atoms with Crippen molar-refractivity contribution in [3.63, 3.8) is 0 Å². The van der Waals surface area contributed by atoms with Crippen molar-refractivity contribution in [2.45, 2.75) is 23.1 Å². The Morgan fingerprint density at radius 1 is 1.00 bits per heavy atom. The topological polar surface area (TPSA) is 78.9 Å². The standard InChI is InChI=1S/C23H21N3OS/c24-15-19-14-20(11-12-22(19)28-16-18-9-5-2-6-10-18)26-23(27)21(25)13-17-7-3-1-4-8-17/h1-12,14,21H,13,16,25H2,(H,26,27). The number of benzene rings is 3. The summed E-state index contributed by atoms with van der Waals surface area (Å²) in [5.74, 6) is 0.515. The lowest BCUT2D eigenvalue weighted by Crippen LogP contribution is -2.37. The zero-order valence-corrected chi connectivity index (χ0v) is 16.2. The number of hydrogen-bond donors (Lipinski definition) is 2. The van der Waals surface area contributed by atoms with Gasteiger partial charge in [-0.25, -0.2) is 0 Å². The second-order valence-electron chi connectivity index (χ2n) is 6.38. The van der Waals surface area contributed by atoms with Gasteiger partial charge in [-0.1, -0.05) is 60.7 Å². The van der Waals surface area contributed by atoms with Crippen LogP contribution in [0.5, 0.6) is 0 Å². The maximum absolute atomic E-state index is 12.4. The molecule has 3 N–H and O–H groups in total. The molecule has 0 fully saturated rings. The maximum Gasteiger partial charge on any atom is 0.241 e. The Balaban J connectivity index is 1.63. The third-order valence-corrected chi connectivity index (χ3v) is 5.38. The van der Waals surface area contributed by atoms with Gasteiger partial charge in [0.2, 0.25) is 5.91 Å². The minimum Gasteiger partial charge on any atom is -0.325 e. The molecule has 0 aliphatic heterocycles. The number of rotatable bonds is 7. The maximum atomic E-state index is 12.4. The molecule has 1 unspecified atom stereocenters. The zero-order valence-electron chi connectivity index (χ0n) is 15.3. The molecule has 1 amide bonds. The van der Waals surface area contributed by atoms with Gasteiger partial charge in [-0.3, -0.25) is 4.79 Å². The first-order valence-corrected chi connectivity index (χ1v) is 9.95. The van der Waals surface area contributed by atoms with Gasteiger partial charge in [-0.05, 0) is 35.7 Å². The van der Waals surface area contributed by atoms with E-state index >= 15 is 0 Å². The van der Waals surface area contributed by atoms with Gasteiger partial charge in [0.15, 0.2) is 0 Å². The molecule has 0 radical (unpaired) electrons. The van der Waals surface area contributed by atoms with E-state index in [1.54, 1.807) is 23.9 Å². The van der Waals surface area contributed by atoms with Crippen LogP contribution >= 0.6 is 11.8 Å². The predicted octanol–water partition coefficient (Wildman–Crippen LogP) is 4.36. The molecule has 0 saturated heterocycles. The van der Waals surface area contributed by atoms with Crippen molar-refractivity contribution < 1.29 is 4.79 Å². The Labute approximate surface area is 169 Å². The van der Waals surface area contributed by atoms with Gasteiger partial charge in [-0.15, -0.1) is 11.8 Å². The van der Waals surface area contributed by atoms with E-state index in [4.69, 9.17) is 5.73 Å². The molecule has 0 saturated carbocycles. The Morgan fingerprint density at radius 2 is 1.64 bits per heavy atom. The number of carbonyl (C=O) groups is 1. The first-order valence-electron chi connectivity index (χ1n) is 8.97. The number of nitrogens with two attached hydrogens (primary N) is 1. The molecule has 28 heavy (non-hydrogen) atoms. The van der Waals surface area contributed by atoms with E-state index < -0.39 is 6.04 Å². The number of nitriles is 1. The summed E-state index contributed by atoms with van der Waals surface area (Å²) in [5.41, 5.74) is 9.35. The highest BCUT2D eigenvalue weighted by atomic mass is 32.2. The predicted molar refractivity (Wildman–Crippen MR) is 114 cm³/mol. The highest BCUT2D eigenvalue weighted by Crippen LogP contribution is 2.28. The lowest BCUT2D eigenvalue weighted by Gasteiger charge is -2.13. The highest BCUT2D eigenvalue weighted by Gasteiger charge is 2.15. The fraction of sp³-hybridized carbons (Fsp3) is 0.130. The first-order chi connectivity index (χ1) is 13.7. The van der Waals surface area contributed by atoms with Gasteiger partial charge in [0.25, 0.3) is 0 Å². The van der Waals surface area contributed by atoms with Crippen LogP contribution in [0.2, 0.25) is 0 Å². The Morgan fingerprint density at radius 3 is 2.29 bits per heavy atom.